The van der Waals surface area contributed by atoms with Crippen LogP contribution in [0.4, 0.5) is 0 Å². The molecule has 0 fully saturated rings. The molecule has 0 spiro atoms. The summed E-state index contributed by atoms with van der Waals surface area (Å²) < 4.78 is 10.9. The largest absolute Gasteiger partial charge is 0.497 e. The number of methoxy groups -OCH3 is 1. The zero-order valence-electron chi connectivity index (χ0n) is 13.8. The van der Waals surface area contributed by atoms with Crippen LogP contribution in [0, 0.1) is 5.92 Å². The predicted molar refractivity (Wildman–Crippen MR) is 91.3 cm³/mol. The second-order valence-corrected chi connectivity index (χ2v) is 5.94. The maximum atomic E-state index is 12.3. The van der Waals surface area contributed by atoms with Gasteiger partial charge in [-0.3, -0.25) is 9.78 Å². The van der Waals surface area contributed by atoms with E-state index in [1.807, 2.05) is 30.3 Å². The smallest absolute Gasteiger partial charge is 0.226 e. The lowest BCUT2D eigenvalue weighted by atomic mass is 9.96. The molecule has 24 heavy (non-hydrogen) atoms. The second kappa shape index (κ2) is 7.81. The monoisotopic (exact) mass is 326 g/mol. The van der Waals surface area contributed by atoms with Crippen LogP contribution < -0.4 is 14.8 Å². The van der Waals surface area contributed by atoms with Gasteiger partial charge in [0.25, 0.3) is 0 Å². The summed E-state index contributed by atoms with van der Waals surface area (Å²) in [6.07, 6.45) is 6.14. The van der Waals surface area contributed by atoms with Crippen LogP contribution in [0.5, 0.6) is 11.5 Å². The molecule has 5 heteroatoms. The van der Waals surface area contributed by atoms with Gasteiger partial charge < -0.3 is 14.8 Å². The molecule has 0 saturated carbocycles. The van der Waals surface area contributed by atoms with Crippen molar-refractivity contribution in [2.75, 3.05) is 20.3 Å². The number of nitrogens with zero attached hydrogens (tertiary/aromatic N) is 1. The van der Waals surface area contributed by atoms with Crippen molar-refractivity contribution in [1.29, 1.82) is 0 Å². The molecule has 1 aliphatic heterocycles. The van der Waals surface area contributed by atoms with Crippen molar-refractivity contribution in [2.45, 2.75) is 19.3 Å². The van der Waals surface area contributed by atoms with Crippen molar-refractivity contribution in [1.82, 2.24) is 10.3 Å². The molecule has 0 unspecified atom stereocenters. The number of carbonyl (C=O) groups excluding carboxylic acids is 1. The number of aryl methyl sites for hydroxylation is 1. The number of nitrogens with one attached hydrogen (secondary N) is 1. The lowest BCUT2D eigenvalue weighted by molar-refractivity contribution is -0.126. The van der Waals surface area contributed by atoms with Crippen molar-refractivity contribution >= 4 is 5.91 Å². The van der Waals surface area contributed by atoms with Crippen LogP contribution >= 0.6 is 0 Å². The number of fused-ring (bicyclic) bond motifs is 1. The summed E-state index contributed by atoms with van der Waals surface area (Å²) in [4.78, 5) is 16.3. The zero-order chi connectivity index (χ0) is 16.8. The average Bonchev–Trinajstić information content (AvgIpc) is 2.65. The number of carbonyl (C=O) groups is 1. The average molecular weight is 326 g/mol. The van der Waals surface area contributed by atoms with Gasteiger partial charge in [-0.05, 0) is 48.6 Å². The maximum Gasteiger partial charge on any atom is 0.226 e. The molecule has 1 atom stereocenters. The number of aromatic nitrogens is 1. The van der Waals surface area contributed by atoms with E-state index in [0.29, 0.717) is 19.6 Å². The summed E-state index contributed by atoms with van der Waals surface area (Å²) in [6, 6.07) is 9.75. The third kappa shape index (κ3) is 4.04. The molecule has 1 aromatic heterocycles. The molecule has 0 bridgehead atoms. The van der Waals surface area contributed by atoms with Gasteiger partial charge in [0.2, 0.25) is 5.91 Å². The molecule has 5 nitrogen and oxygen atoms in total. The normalized spacial score (nSPS) is 16.0. The van der Waals surface area contributed by atoms with E-state index in [9.17, 15) is 4.79 Å². The van der Waals surface area contributed by atoms with Crippen LogP contribution in [0.25, 0.3) is 0 Å². The van der Waals surface area contributed by atoms with E-state index in [1.165, 1.54) is 5.56 Å². The fourth-order valence-corrected chi connectivity index (χ4v) is 2.85. The molecule has 2 heterocycles. The van der Waals surface area contributed by atoms with Crippen LogP contribution in [0.3, 0.4) is 0 Å². The lowest BCUT2D eigenvalue weighted by Crippen LogP contribution is -2.37. The van der Waals surface area contributed by atoms with Crippen molar-refractivity contribution in [3.8, 4) is 11.5 Å². The van der Waals surface area contributed by atoms with Gasteiger partial charge in [0.1, 0.15) is 18.1 Å². The minimum absolute atomic E-state index is 0.0613. The highest BCUT2D eigenvalue weighted by Crippen LogP contribution is 2.31. The SMILES string of the molecule is COc1ccc2c(c1)OC[C@H](C(=O)NCCCc1ccncc1)C2. The quantitative estimate of drug-likeness (QED) is 0.828. The highest BCUT2D eigenvalue weighted by atomic mass is 16.5. The molecular formula is C19H22N2O3. The first-order valence-corrected chi connectivity index (χ1v) is 8.22. The molecule has 0 saturated heterocycles. The Kier molecular flexibility index (Phi) is 5.31. The molecule has 1 aliphatic rings. The summed E-state index contributed by atoms with van der Waals surface area (Å²) in [6.45, 7) is 1.09. The molecule has 2 aromatic rings. The third-order valence-corrected chi connectivity index (χ3v) is 4.24. The number of pyridine rings is 1. The third-order valence-electron chi connectivity index (χ3n) is 4.24. The van der Waals surface area contributed by atoms with Crippen LogP contribution in [0.2, 0.25) is 0 Å². The summed E-state index contributed by atoms with van der Waals surface area (Å²) in [5.41, 5.74) is 2.29. The molecule has 0 radical (unpaired) electrons. The Labute approximate surface area is 142 Å². The molecule has 1 N–H and O–H groups in total. The minimum Gasteiger partial charge on any atom is -0.497 e. The Morgan fingerprint density at radius 3 is 2.96 bits per heavy atom. The van der Waals surface area contributed by atoms with Crippen molar-refractivity contribution < 1.29 is 14.3 Å². The van der Waals surface area contributed by atoms with E-state index < -0.39 is 0 Å². The standard InChI is InChI=1S/C19H22N2O3/c1-23-17-5-4-15-11-16(13-24-18(15)12-17)19(22)21-8-2-3-14-6-9-20-10-7-14/h4-7,9-10,12,16H,2-3,8,11,13H2,1H3,(H,21,22)/t16-/m1/s1. The van der Waals surface area contributed by atoms with Gasteiger partial charge in [-0.15, -0.1) is 0 Å². The van der Waals surface area contributed by atoms with E-state index in [4.69, 9.17) is 9.47 Å². The van der Waals surface area contributed by atoms with Crippen molar-refractivity contribution in [3.05, 3.63) is 53.9 Å². The van der Waals surface area contributed by atoms with Crippen molar-refractivity contribution in [2.24, 2.45) is 5.92 Å². The number of amides is 1. The Hall–Kier alpha value is -2.56. The molecule has 126 valence electrons. The van der Waals surface area contributed by atoms with Crippen molar-refractivity contribution in [3.63, 3.8) is 0 Å². The first-order chi connectivity index (χ1) is 11.8. The van der Waals surface area contributed by atoms with Gasteiger partial charge in [0, 0.05) is 25.0 Å². The molecule has 0 aliphatic carbocycles. The number of ether oxygens (including phenoxy) is 2. The van der Waals surface area contributed by atoms with E-state index in [2.05, 4.69) is 10.3 Å². The van der Waals surface area contributed by atoms with Gasteiger partial charge in [0.15, 0.2) is 0 Å². The van der Waals surface area contributed by atoms with Gasteiger partial charge in [-0.1, -0.05) is 6.07 Å². The van der Waals surface area contributed by atoms with E-state index in [1.54, 1.807) is 19.5 Å². The fourth-order valence-electron chi connectivity index (χ4n) is 2.85. The van der Waals surface area contributed by atoms with E-state index >= 15 is 0 Å². The Morgan fingerprint density at radius 2 is 2.17 bits per heavy atom. The Morgan fingerprint density at radius 1 is 1.33 bits per heavy atom. The van der Waals surface area contributed by atoms with Gasteiger partial charge in [-0.25, -0.2) is 0 Å². The number of rotatable bonds is 6. The molecule has 1 aromatic carbocycles. The topological polar surface area (TPSA) is 60.5 Å². The predicted octanol–water partition coefficient (Wildman–Crippen LogP) is 2.39. The lowest BCUT2D eigenvalue weighted by Gasteiger charge is -2.25. The maximum absolute atomic E-state index is 12.3. The van der Waals surface area contributed by atoms with Gasteiger partial charge >= 0.3 is 0 Å². The van der Waals surface area contributed by atoms with E-state index in [0.717, 1.165) is 29.9 Å². The van der Waals surface area contributed by atoms with Gasteiger partial charge in [0.05, 0.1) is 13.0 Å². The molecule has 1 amide bonds. The van der Waals surface area contributed by atoms with Gasteiger partial charge in [-0.2, -0.15) is 0 Å². The van der Waals surface area contributed by atoms with Crippen LogP contribution in [0.15, 0.2) is 42.7 Å². The summed E-state index contributed by atoms with van der Waals surface area (Å²) in [5, 5.41) is 3.02. The molecular weight excluding hydrogens is 304 g/mol. The second-order valence-electron chi connectivity index (χ2n) is 5.94. The van der Waals surface area contributed by atoms with Crippen LogP contribution in [-0.2, 0) is 17.6 Å². The summed E-state index contributed by atoms with van der Waals surface area (Å²) in [7, 11) is 1.63. The fraction of sp³-hybridized carbons (Fsp3) is 0.368. The Balaban J connectivity index is 1.46. The first kappa shape index (κ1) is 16.3. The number of hydrogen-bond donors (Lipinski definition) is 1. The zero-order valence-corrected chi connectivity index (χ0v) is 13.8. The highest BCUT2D eigenvalue weighted by molar-refractivity contribution is 5.79. The Bertz CT molecular complexity index is 688. The summed E-state index contributed by atoms with van der Waals surface area (Å²) >= 11 is 0. The molecule has 3 rings (SSSR count). The number of hydrogen-bond acceptors (Lipinski definition) is 4. The first-order valence-electron chi connectivity index (χ1n) is 8.22. The summed E-state index contributed by atoms with van der Waals surface area (Å²) in [5.74, 6) is 1.52. The van der Waals surface area contributed by atoms with E-state index in [-0.39, 0.29) is 11.8 Å². The number of benzene rings is 1. The van der Waals surface area contributed by atoms with Crippen LogP contribution in [0.1, 0.15) is 17.5 Å². The minimum atomic E-state index is -0.133. The van der Waals surface area contributed by atoms with Crippen LogP contribution in [-0.4, -0.2) is 31.2 Å². The highest BCUT2D eigenvalue weighted by Gasteiger charge is 2.25.